The maximum Gasteiger partial charge on any atom is 0.307 e. The van der Waals surface area contributed by atoms with Crippen LogP contribution in [0, 0.1) is 0 Å². The molecule has 1 amide bonds. The molecule has 0 aliphatic heterocycles. The fourth-order valence-corrected chi connectivity index (χ4v) is 0.572. The third kappa shape index (κ3) is 1.34. The standard InChI is InChI=1S/C6H8N2O2/c1-2-7-5(9)6-8-3-4-10-6/h3-4H,2H2,1H3,(H,7,9). The molecular formula is C6H8N2O2. The largest absolute Gasteiger partial charge is 0.441 e. The van der Waals surface area contributed by atoms with Crippen molar-refractivity contribution < 1.29 is 9.21 Å². The highest BCUT2D eigenvalue weighted by molar-refractivity contribution is 5.89. The summed E-state index contributed by atoms with van der Waals surface area (Å²) < 4.78 is 4.72. The van der Waals surface area contributed by atoms with Crippen LogP contribution in [0.5, 0.6) is 0 Å². The lowest BCUT2D eigenvalue weighted by molar-refractivity contribution is 0.0921. The molecule has 1 aromatic heterocycles. The Kier molecular flexibility index (Phi) is 2.04. The predicted molar refractivity (Wildman–Crippen MR) is 34.5 cm³/mol. The molecule has 1 heterocycles. The van der Waals surface area contributed by atoms with Gasteiger partial charge < -0.3 is 9.73 Å². The Hall–Kier alpha value is -1.32. The van der Waals surface area contributed by atoms with Crippen LogP contribution in [0.4, 0.5) is 0 Å². The number of aromatic nitrogens is 1. The first-order valence-corrected chi connectivity index (χ1v) is 3.02. The van der Waals surface area contributed by atoms with Gasteiger partial charge in [-0.3, -0.25) is 4.79 Å². The summed E-state index contributed by atoms with van der Waals surface area (Å²) in [6.07, 6.45) is 2.80. The van der Waals surface area contributed by atoms with E-state index in [-0.39, 0.29) is 11.8 Å². The molecule has 0 aromatic carbocycles. The molecule has 0 unspecified atom stereocenters. The molecule has 0 radical (unpaired) electrons. The van der Waals surface area contributed by atoms with E-state index in [1.165, 1.54) is 12.5 Å². The van der Waals surface area contributed by atoms with Crippen LogP contribution < -0.4 is 5.32 Å². The van der Waals surface area contributed by atoms with E-state index in [0.717, 1.165) is 0 Å². The molecule has 4 heteroatoms. The molecule has 0 fully saturated rings. The first-order chi connectivity index (χ1) is 4.84. The molecule has 54 valence electrons. The van der Waals surface area contributed by atoms with Gasteiger partial charge in [-0.25, -0.2) is 4.98 Å². The van der Waals surface area contributed by atoms with Gasteiger partial charge in [-0.05, 0) is 6.92 Å². The van der Waals surface area contributed by atoms with Gasteiger partial charge in [0.15, 0.2) is 0 Å². The fraction of sp³-hybridized carbons (Fsp3) is 0.333. The minimum atomic E-state index is -0.271. The topological polar surface area (TPSA) is 55.1 Å². The Morgan fingerprint density at radius 2 is 2.70 bits per heavy atom. The van der Waals surface area contributed by atoms with Crippen LogP contribution in [-0.2, 0) is 0 Å². The van der Waals surface area contributed by atoms with Gasteiger partial charge in [0.25, 0.3) is 5.89 Å². The van der Waals surface area contributed by atoms with Gasteiger partial charge in [-0.15, -0.1) is 0 Å². The number of carbonyl (C=O) groups is 1. The SMILES string of the molecule is CCNC(=O)c1ncco1. The summed E-state index contributed by atoms with van der Waals surface area (Å²) >= 11 is 0. The van der Waals surface area contributed by atoms with E-state index < -0.39 is 0 Å². The number of oxazole rings is 1. The van der Waals surface area contributed by atoms with E-state index in [1.807, 2.05) is 6.92 Å². The molecule has 0 spiro atoms. The lowest BCUT2D eigenvalue weighted by Gasteiger charge is -1.93. The van der Waals surface area contributed by atoms with E-state index in [4.69, 9.17) is 4.42 Å². The molecule has 1 N–H and O–H groups in total. The lowest BCUT2D eigenvalue weighted by Crippen LogP contribution is -2.22. The van der Waals surface area contributed by atoms with Gasteiger partial charge in [0.1, 0.15) is 6.26 Å². The molecule has 0 aliphatic carbocycles. The van der Waals surface area contributed by atoms with Gasteiger partial charge in [-0.2, -0.15) is 0 Å². The highest BCUT2D eigenvalue weighted by Crippen LogP contribution is 1.92. The molecule has 4 nitrogen and oxygen atoms in total. The van der Waals surface area contributed by atoms with Crippen molar-refractivity contribution in [2.75, 3.05) is 6.54 Å². The molecule has 0 atom stereocenters. The minimum Gasteiger partial charge on any atom is -0.441 e. The van der Waals surface area contributed by atoms with Gasteiger partial charge >= 0.3 is 5.91 Å². The van der Waals surface area contributed by atoms with E-state index in [0.29, 0.717) is 6.54 Å². The molecule has 10 heavy (non-hydrogen) atoms. The predicted octanol–water partition coefficient (Wildman–Crippen LogP) is 0.424. The van der Waals surface area contributed by atoms with Crippen LogP contribution >= 0.6 is 0 Å². The second-order valence-corrected chi connectivity index (χ2v) is 1.70. The summed E-state index contributed by atoms with van der Waals surface area (Å²) in [7, 11) is 0. The summed E-state index contributed by atoms with van der Waals surface area (Å²) in [5.74, 6) is -0.158. The molecule has 1 rings (SSSR count). The van der Waals surface area contributed by atoms with Crippen molar-refractivity contribution in [3.8, 4) is 0 Å². The zero-order valence-electron chi connectivity index (χ0n) is 5.63. The molecular weight excluding hydrogens is 132 g/mol. The maximum atomic E-state index is 10.8. The third-order valence-electron chi connectivity index (χ3n) is 0.964. The Morgan fingerprint density at radius 3 is 3.20 bits per heavy atom. The minimum absolute atomic E-state index is 0.113. The van der Waals surface area contributed by atoms with E-state index in [9.17, 15) is 4.79 Å². The van der Waals surface area contributed by atoms with Crippen molar-refractivity contribution in [1.29, 1.82) is 0 Å². The quantitative estimate of drug-likeness (QED) is 0.647. The van der Waals surface area contributed by atoms with Crippen LogP contribution in [0.15, 0.2) is 16.9 Å². The van der Waals surface area contributed by atoms with Gasteiger partial charge in [-0.1, -0.05) is 0 Å². The number of rotatable bonds is 2. The normalized spacial score (nSPS) is 9.30. The first kappa shape index (κ1) is 6.80. The van der Waals surface area contributed by atoms with E-state index >= 15 is 0 Å². The highest BCUT2D eigenvalue weighted by atomic mass is 16.3. The van der Waals surface area contributed by atoms with Crippen LogP contribution in [0.3, 0.4) is 0 Å². The number of nitrogens with zero attached hydrogens (tertiary/aromatic N) is 1. The summed E-state index contributed by atoms with van der Waals surface area (Å²) in [5.41, 5.74) is 0. The van der Waals surface area contributed by atoms with Gasteiger partial charge in [0.05, 0.1) is 6.20 Å². The molecule has 0 aliphatic rings. The summed E-state index contributed by atoms with van der Waals surface area (Å²) in [4.78, 5) is 14.5. The van der Waals surface area contributed by atoms with Crippen LogP contribution in [0.25, 0.3) is 0 Å². The maximum absolute atomic E-state index is 10.8. The van der Waals surface area contributed by atoms with Gasteiger partial charge in [0.2, 0.25) is 0 Å². The Balaban J connectivity index is 2.59. The average Bonchev–Trinajstić information content (AvgIpc) is 2.38. The van der Waals surface area contributed by atoms with Crippen LogP contribution in [-0.4, -0.2) is 17.4 Å². The van der Waals surface area contributed by atoms with E-state index in [1.54, 1.807) is 0 Å². The summed E-state index contributed by atoms with van der Waals surface area (Å²) in [6, 6.07) is 0. The zero-order chi connectivity index (χ0) is 7.40. The Bertz CT molecular complexity index is 206. The average molecular weight is 140 g/mol. The number of nitrogens with one attached hydrogen (secondary N) is 1. The number of amides is 1. The van der Waals surface area contributed by atoms with Gasteiger partial charge in [0, 0.05) is 6.54 Å². The first-order valence-electron chi connectivity index (χ1n) is 3.02. The Morgan fingerprint density at radius 1 is 1.90 bits per heavy atom. The molecule has 0 saturated heterocycles. The second kappa shape index (κ2) is 3.00. The second-order valence-electron chi connectivity index (χ2n) is 1.70. The molecule has 0 saturated carbocycles. The van der Waals surface area contributed by atoms with Crippen molar-refractivity contribution >= 4 is 5.91 Å². The zero-order valence-corrected chi connectivity index (χ0v) is 5.63. The van der Waals surface area contributed by atoms with Crippen molar-refractivity contribution in [2.24, 2.45) is 0 Å². The Labute approximate surface area is 58.3 Å². The lowest BCUT2D eigenvalue weighted by atomic mass is 10.6. The van der Waals surface area contributed by atoms with Crippen LogP contribution in [0.2, 0.25) is 0 Å². The molecule has 1 aromatic rings. The summed E-state index contributed by atoms with van der Waals surface area (Å²) in [6.45, 7) is 2.42. The number of carbonyl (C=O) groups excluding carboxylic acids is 1. The van der Waals surface area contributed by atoms with E-state index in [2.05, 4.69) is 10.3 Å². The van der Waals surface area contributed by atoms with Crippen molar-refractivity contribution in [1.82, 2.24) is 10.3 Å². The fourth-order valence-electron chi connectivity index (χ4n) is 0.572. The van der Waals surface area contributed by atoms with Crippen molar-refractivity contribution in [2.45, 2.75) is 6.92 Å². The highest BCUT2D eigenvalue weighted by Gasteiger charge is 2.06. The summed E-state index contributed by atoms with van der Waals surface area (Å²) in [5, 5.41) is 2.55. The van der Waals surface area contributed by atoms with Crippen LogP contribution in [0.1, 0.15) is 17.6 Å². The number of hydrogen-bond donors (Lipinski definition) is 1. The third-order valence-corrected chi connectivity index (χ3v) is 0.964. The number of hydrogen-bond acceptors (Lipinski definition) is 3. The van der Waals surface area contributed by atoms with Crippen molar-refractivity contribution in [3.63, 3.8) is 0 Å². The van der Waals surface area contributed by atoms with Crippen molar-refractivity contribution in [3.05, 3.63) is 18.4 Å². The molecule has 0 bridgehead atoms. The smallest absolute Gasteiger partial charge is 0.307 e. The monoisotopic (exact) mass is 140 g/mol.